The molecule has 2 aliphatic rings. The van der Waals surface area contributed by atoms with Crippen molar-refractivity contribution < 1.29 is 24.2 Å². The molecule has 4 atom stereocenters. The number of carboxylic acid groups (broad SMARTS) is 1. The van der Waals surface area contributed by atoms with E-state index in [-0.39, 0.29) is 23.7 Å². The quantitative estimate of drug-likeness (QED) is 0.829. The summed E-state index contributed by atoms with van der Waals surface area (Å²) in [6, 6.07) is 6.81. The lowest BCUT2D eigenvalue weighted by Gasteiger charge is -2.28. The highest BCUT2D eigenvalue weighted by Crippen LogP contribution is 2.48. The van der Waals surface area contributed by atoms with Crippen LogP contribution in [0.3, 0.4) is 0 Å². The Balaban J connectivity index is 1.61. The molecular formula is C18H23NO5. The van der Waals surface area contributed by atoms with Gasteiger partial charge in [0.15, 0.2) is 0 Å². The minimum atomic E-state index is -0.988. The summed E-state index contributed by atoms with van der Waals surface area (Å²) < 4.78 is 10.6. The number of rotatable bonds is 6. The molecule has 6 nitrogen and oxygen atoms in total. The fraction of sp³-hybridized carbons (Fsp3) is 0.556. The van der Waals surface area contributed by atoms with Gasteiger partial charge in [-0.3, -0.25) is 4.79 Å². The van der Waals surface area contributed by atoms with Gasteiger partial charge < -0.3 is 19.9 Å². The van der Waals surface area contributed by atoms with Gasteiger partial charge >= 0.3 is 5.97 Å². The molecule has 1 heterocycles. The third-order valence-corrected chi connectivity index (χ3v) is 4.88. The van der Waals surface area contributed by atoms with Gasteiger partial charge in [0.25, 0.3) is 0 Å². The highest BCUT2D eigenvalue weighted by atomic mass is 16.5. The zero-order valence-corrected chi connectivity index (χ0v) is 13.7. The monoisotopic (exact) mass is 333 g/mol. The van der Waals surface area contributed by atoms with Gasteiger partial charge in [0, 0.05) is 18.4 Å². The minimum absolute atomic E-state index is 0.136. The number of hydrogen-bond donors (Lipinski definition) is 2. The van der Waals surface area contributed by atoms with E-state index in [0.29, 0.717) is 13.2 Å². The van der Waals surface area contributed by atoms with Gasteiger partial charge in [0.2, 0.25) is 5.91 Å². The number of hydrogen-bond acceptors (Lipinski definition) is 4. The van der Waals surface area contributed by atoms with E-state index in [0.717, 1.165) is 30.6 Å². The number of carbonyl (C=O) groups is 2. The van der Waals surface area contributed by atoms with E-state index in [1.165, 1.54) is 0 Å². The van der Waals surface area contributed by atoms with Gasteiger partial charge in [-0.15, -0.1) is 0 Å². The standard InChI is InChI=1S/C18H23NO5/c1-23-13-6-2-4-11(8-13)14-9-15(14)17(20)19-16(18(21)22)12-5-3-7-24-10-12/h2,4,6,8,12,14-16H,3,5,7,9-10H2,1H3,(H,19,20)(H,21,22). The van der Waals surface area contributed by atoms with Crippen LogP contribution in [0.4, 0.5) is 0 Å². The normalized spacial score (nSPS) is 27.1. The lowest BCUT2D eigenvalue weighted by atomic mass is 9.93. The number of nitrogens with one attached hydrogen (secondary N) is 1. The molecule has 0 spiro atoms. The fourth-order valence-electron chi connectivity index (χ4n) is 3.40. The first-order valence-electron chi connectivity index (χ1n) is 8.35. The van der Waals surface area contributed by atoms with Crippen molar-refractivity contribution in [3.05, 3.63) is 29.8 Å². The molecule has 2 N–H and O–H groups in total. The average molecular weight is 333 g/mol. The van der Waals surface area contributed by atoms with Crippen LogP contribution in [0, 0.1) is 11.8 Å². The third-order valence-electron chi connectivity index (χ3n) is 4.88. The molecule has 2 fully saturated rings. The van der Waals surface area contributed by atoms with Crippen molar-refractivity contribution >= 4 is 11.9 Å². The highest BCUT2D eigenvalue weighted by Gasteiger charge is 2.45. The number of aliphatic carboxylic acids is 1. The first kappa shape index (κ1) is 16.8. The van der Waals surface area contributed by atoms with Crippen molar-refractivity contribution in [1.82, 2.24) is 5.32 Å². The number of carbonyl (C=O) groups excluding carboxylic acids is 1. The first-order chi connectivity index (χ1) is 11.6. The van der Waals surface area contributed by atoms with Gasteiger partial charge in [0.05, 0.1) is 13.7 Å². The maximum Gasteiger partial charge on any atom is 0.326 e. The summed E-state index contributed by atoms with van der Waals surface area (Å²) in [5.41, 5.74) is 1.06. The van der Waals surface area contributed by atoms with Crippen molar-refractivity contribution in [2.24, 2.45) is 11.8 Å². The van der Waals surface area contributed by atoms with Crippen LogP contribution in [0.2, 0.25) is 0 Å². The zero-order chi connectivity index (χ0) is 17.1. The molecule has 0 bridgehead atoms. The molecular weight excluding hydrogens is 310 g/mol. The second-order valence-corrected chi connectivity index (χ2v) is 6.53. The van der Waals surface area contributed by atoms with E-state index < -0.39 is 12.0 Å². The number of methoxy groups -OCH3 is 1. The molecule has 130 valence electrons. The summed E-state index contributed by atoms with van der Waals surface area (Å²) in [5, 5.41) is 12.2. The largest absolute Gasteiger partial charge is 0.497 e. The predicted octanol–water partition coefficient (Wildman–Crippen LogP) is 1.79. The Morgan fingerprint density at radius 3 is 2.92 bits per heavy atom. The van der Waals surface area contributed by atoms with E-state index in [1.807, 2.05) is 24.3 Å². The molecule has 1 saturated carbocycles. The molecule has 1 aromatic rings. The van der Waals surface area contributed by atoms with Crippen molar-refractivity contribution in [1.29, 1.82) is 0 Å². The fourth-order valence-corrected chi connectivity index (χ4v) is 3.40. The van der Waals surface area contributed by atoms with Crippen LogP contribution in [-0.2, 0) is 14.3 Å². The average Bonchev–Trinajstić information content (AvgIpc) is 3.41. The van der Waals surface area contributed by atoms with Crippen molar-refractivity contribution in [3.8, 4) is 5.75 Å². The molecule has 4 unspecified atom stereocenters. The smallest absolute Gasteiger partial charge is 0.326 e. The van der Waals surface area contributed by atoms with Gasteiger partial charge in [0.1, 0.15) is 11.8 Å². The maximum atomic E-state index is 12.5. The molecule has 0 radical (unpaired) electrons. The maximum absolute atomic E-state index is 12.5. The lowest BCUT2D eigenvalue weighted by Crippen LogP contribution is -2.49. The number of amides is 1. The molecule has 1 aromatic carbocycles. The highest BCUT2D eigenvalue weighted by molar-refractivity contribution is 5.87. The van der Waals surface area contributed by atoms with Crippen LogP contribution in [0.25, 0.3) is 0 Å². The predicted molar refractivity (Wildman–Crippen MR) is 87.0 cm³/mol. The number of ether oxygens (including phenoxy) is 2. The van der Waals surface area contributed by atoms with Gasteiger partial charge in [-0.2, -0.15) is 0 Å². The summed E-state index contributed by atoms with van der Waals surface area (Å²) in [6.45, 7) is 1.05. The lowest BCUT2D eigenvalue weighted by molar-refractivity contribution is -0.145. The Labute approximate surface area is 141 Å². The molecule has 6 heteroatoms. The van der Waals surface area contributed by atoms with Crippen LogP contribution < -0.4 is 10.1 Å². The SMILES string of the molecule is COc1cccc(C2CC2C(=O)NC(C(=O)O)C2CCCOC2)c1. The van der Waals surface area contributed by atoms with E-state index >= 15 is 0 Å². The molecule has 1 aliphatic heterocycles. The zero-order valence-electron chi connectivity index (χ0n) is 13.7. The molecule has 0 aromatic heterocycles. The summed E-state index contributed by atoms with van der Waals surface area (Å²) in [4.78, 5) is 24.0. The van der Waals surface area contributed by atoms with E-state index in [2.05, 4.69) is 5.32 Å². The summed E-state index contributed by atoms with van der Waals surface area (Å²) in [5.74, 6) is -0.589. The van der Waals surface area contributed by atoms with E-state index in [9.17, 15) is 14.7 Å². The van der Waals surface area contributed by atoms with Crippen LogP contribution in [0.1, 0.15) is 30.7 Å². The molecule has 3 rings (SSSR count). The second-order valence-electron chi connectivity index (χ2n) is 6.53. The van der Waals surface area contributed by atoms with Crippen LogP contribution in [0.15, 0.2) is 24.3 Å². The Kier molecular flexibility index (Phi) is 5.04. The van der Waals surface area contributed by atoms with E-state index in [1.54, 1.807) is 7.11 Å². The van der Waals surface area contributed by atoms with Crippen LogP contribution in [-0.4, -0.2) is 43.3 Å². The molecule has 24 heavy (non-hydrogen) atoms. The Morgan fingerprint density at radius 2 is 2.25 bits per heavy atom. The summed E-state index contributed by atoms with van der Waals surface area (Å²) in [7, 11) is 1.61. The molecule has 1 aliphatic carbocycles. The third kappa shape index (κ3) is 3.70. The van der Waals surface area contributed by atoms with Crippen LogP contribution >= 0.6 is 0 Å². The molecule has 1 saturated heterocycles. The number of benzene rings is 1. The van der Waals surface area contributed by atoms with Gasteiger partial charge in [-0.1, -0.05) is 12.1 Å². The van der Waals surface area contributed by atoms with Gasteiger partial charge in [-0.05, 0) is 42.9 Å². The topological polar surface area (TPSA) is 84.9 Å². The molecule has 1 amide bonds. The Hall–Kier alpha value is -2.08. The van der Waals surface area contributed by atoms with Crippen molar-refractivity contribution in [2.45, 2.75) is 31.2 Å². The first-order valence-corrected chi connectivity index (χ1v) is 8.35. The minimum Gasteiger partial charge on any atom is -0.497 e. The Bertz CT molecular complexity index is 611. The summed E-state index contributed by atoms with van der Waals surface area (Å²) >= 11 is 0. The Morgan fingerprint density at radius 1 is 1.42 bits per heavy atom. The second kappa shape index (κ2) is 7.21. The van der Waals surface area contributed by atoms with Crippen molar-refractivity contribution in [3.63, 3.8) is 0 Å². The van der Waals surface area contributed by atoms with Gasteiger partial charge in [-0.25, -0.2) is 4.79 Å². The van der Waals surface area contributed by atoms with Crippen LogP contribution in [0.5, 0.6) is 5.75 Å². The summed E-state index contributed by atoms with van der Waals surface area (Å²) in [6.07, 6.45) is 2.34. The van der Waals surface area contributed by atoms with E-state index in [4.69, 9.17) is 9.47 Å². The number of carboxylic acids is 1. The van der Waals surface area contributed by atoms with Crippen molar-refractivity contribution in [2.75, 3.05) is 20.3 Å².